The van der Waals surface area contributed by atoms with Crippen LogP contribution in [0, 0.1) is 0 Å². The summed E-state index contributed by atoms with van der Waals surface area (Å²) in [4.78, 5) is 0. The molecule has 0 saturated carbocycles. The first-order valence-corrected chi connectivity index (χ1v) is 2.18. The van der Waals surface area contributed by atoms with Crippen LogP contribution in [0.25, 0.3) is 0 Å². The molecule has 0 unspecified atom stereocenters. The molecule has 0 aromatic rings. The van der Waals surface area contributed by atoms with Crippen molar-refractivity contribution in [1.29, 1.82) is 0 Å². The van der Waals surface area contributed by atoms with E-state index in [0.717, 1.165) is 0 Å². The van der Waals surface area contributed by atoms with E-state index < -0.39 is 4.46 Å². The summed E-state index contributed by atoms with van der Waals surface area (Å²) in [6.45, 7) is 0.0795. The topological polar surface area (TPSA) is 52.0 Å². The molecular formula is C2H6Cl2N2. The number of hydrogen-bond donors (Lipinski definition) is 2. The maximum absolute atomic E-state index is 5.14. The molecule has 0 bridgehead atoms. The van der Waals surface area contributed by atoms with Gasteiger partial charge in [0.15, 0.2) is 4.46 Å². The van der Waals surface area contributed by atoms with Gasteiger partial charge in [0.25, 0.3) is 0 Å². The fourth-order valence-corrected chi connectivity index (χ4v) is 0. The van der Waals surface area contributed by atoms with Crippen molar-refractivity contribution >= 4 is 23.2 Å². The van der Waals surface area contributed by atoms with Crippen molar-refractivity contribution in [2.24, 2.45) is 11.5 Å². The highest BCUT2D eigenvalue weighted by molar-refractivity contribution is 6.48. The first-order chi connectivity index (χ1) is 2.56. The van der Waals surface area contributed by atoms with Gasteiger partial charge in [-0.3, -0.25) is 5.73 Å². The van der Waals surface area contributed by atoms with Crippen molar-refractivity contribution in [3.05, 3.63) is 0 Å². The van der Waals surface area contributed by atoms with Crippen LogP contribution < -0.4 is 11.5 Å². The predicted octanol–water partition coefficient (Wildman–Crippen LogP) is 0.0352. The van der Waals surface area contributed by atoms with E-state index in [-0.39, 0.29) is 6.54 Å². The Labute approximate surface area is 46.4 Å². The Morgan fingerprint density at radius 1 is 1.50 bits per heavy atom. The zero-order valence-electron chi connectivity index (χ0n) is 3.12. The first kappa shape index (κ1) is 6.50. The van der Waals surface area contributed by atoms with Crippen molar-refractivity contribution < 1.29 is 0 Å². The molecule has 0 fully saturated rings. The minimum atomic E-state index is -1.24. The SMILES string of the molecule is NCC(N)(Cl)Cl. The second kappa shape index (κ2) is 1.98. The van der Waals surface area contributed by atoms with Crippen LogP contribution in [0.4, 0.5) is 0 Å². The molecule has 0 heterocycles. The highest BCUT2D eigenvalue weighted by Crippen LogP contribution is 2.08. The van der Waals surface area contributed by atoms with Gasteiger partial charge in [-0.25, -0.2) is 0 Å². The van der Waals surface area contributed by atoms with Gasteiger partial charge in [-0.1, -0.05) is 23.2 Å². The quantitative estimate of drug-likeness (QED) is 0.387. The second-order valence-corrected chi connectivity index (χ2v) is 2.51. The fourth-order valence-electron chi connectivity index (χ4n) is 0. The highest BCUT2D eigenvalue weighted by Gasteiger charge is 2.11. The minimum Gasteiger partial charge on any atom is -0.327 e. The number of halogens is 2. The van der Waals surface area contributed by atoms with Crippen molar-refractivity contribution in [2.75, 3.05) is 6.54 Å². The molecule has 0 aromatic carbocycles. The molecular weight excluding hydrogens is 123 g/mol. The molecule has 6 heavy (non-hydrogen) atoms. The average molecular weight is 129 g/mol. The molecule has 0 saturated heterocycles. The second-order valence-electron chi connectivity index (χ2n) is 0.965. The summed E-state index contributed by atoms with van der Waals surface area (Å²) in [6, 6.07) is 0. The lowest BCUT2D eigenvalue weighted by Crippen LogP contribution is -2.34. The standard InChI is InChI=1S/C2H6Cl2N2/c3-2(4,6)1-5/h1,5-6H2. The zero-order valence-corrected chi connectivity index (χ0v) is 4.63. The monoisotopic (exact) mass is 128 g/mol. The van der Waals surface area contributed by atoms with E-state index in [0.29, 0.717) is 0 Å². The summed E-state index contributed by atoms with van der Waals surface area (Å²) < 4.78 is -1.24. The third kappa shape index (κ3) is 4.50. The van der Waals surface area contributed by atoms with Crippen molar-refractivity contribution in [3.8, 4) is 0 Å². The number of hydrogen-bond acceptors (Lipinski definition) is 2. The van der Waals surface area contributed by atoms with Gasteiger partial charge < -0.3 is 5.73 Å². The zero-order chi connectivity index (χ0) is 5.21. The lowest BCUT2D eigenvalue weighted by molar-refractivity contribution is 0.826. The molecule has 0 rings (SSSR count). The van der Waals surface area contributed by atoms with E-state index in [1.165, 1.54) is 0 Å². The molecule has 0 aromatic heterocycles. The van der Waals surface area contributed by atoms with Gasteiger partial charge in [0.2, 0.25) is 0 Å². The maximum atomic E-state index is 5.14. The minimum absolute atomic E-state index is 0.0795. The Balaban J connectivity index is 3.17. The number of nitrogens with two attached hydrogens (primary N) is 2. The molecule has 0 aliphatic heterocycles. The maximum Gasteiger partial charge on any atom is 0.178 e. The van der Waals surface area contributed by atoms with Gasteiger partial charge in [0.1, 0.15) is 0 Å². The van der Waals surface area contributed by atoms with Gasteiger partial charge in [-0.05, 0) is 0 Å². The van der Waals surface area contributed by atoms with Gasteiger partial charge >= 0.3 is 0 Å². The van der Waals surface area contributed by atoms with E-state index in [1.54, 1.807) is 0 Å². The summed E-state index contributed by atoms with van der Waals surface area (Å²) in [5.41, 5.74) is 9.86. The van der Waals surface area contributed by atoms with Crippen LogP contribution in [0.3, 0.4) is 0 Å². The normalized spacial score (nSPS) is 12.0. The smallest absolute Gasteiger partial charge is 0.178 e. The molecule has 0 radical (unpaired) electrons. The predicted molar refractivity (Wildman–Crippen MR) is 27.7 cm³/mol. The molecule has 4 heteroatoms. The molecule has 4 N–H and O–H groups in total. The summed E-state index contributed by atoms with van der Waals surface area (Å²) in [6.07, 6.45) is 0. The van der Waals surface area contributed by atoms with Crippen molar-refractivity contribution in [1.82, 2.24) is 0 Å². The molecule has 0 aliphatic rings. The Morgan fingerprint density at radius 3 is 1.67 bits per heavy atom. The molecule has 2 nitrogen and oxygen atoms in total. The largest absolute Gasteiger partial charge is 0.327 e. The number of rotatable bonds is 1. The van der Waals surface area contributed by atoms with E-state index in [2.05, 4.69) is 0 Å². The average Bonchev–Trinajstić information content (AvgIpc) is 1.35. The van der Waals surface area contributed by atoms with E-state index in [4.69, 9.17) is 34.7 Å². The molecule has 38 valence electrons. The van der Waals surface area contributed by atoms with Crippen molar-refractivity contribution in [2.45, 2.75) is 4.46 Å². The summed E-state index contributed by atoms with van der Waals surface area (Å²) in [7, 11) is 0. The van der Waals surface area contributed by atoms with Crippen LogP contribution in [0.2, 0.25) is 0 Å². The van der Waals surface area contributed by atoms with Crippen LogP contribution in [0.15, 0.2) is 0 Å². The third-order valence-corrected chi connectivity index (χ3v) is 0.581. The Bertz CT molecular complexity index is 39.3. The summed E-state index contributed by atoms with van der Waals surface area (Å²) in [5, 5.41) is 0. The van der Waals surface area contributed by atoms with Crippen LogP contribution >= 0.6 is 23.2 Å². The lowest BCUT2D eigenvalue weighted by atomic mass is 10.7. The Morgan fingerprint density at radius 2 is 1.67 bits per heavy atom. The first-order valence-electron chi connectivity index (χ1n) is 1.43. The lowest BCUT2D eigenvalue weighted by Gasteiger charge is -2.06. The van der Waals surface area contributed by atoms with Crippen LogP contribution in [-0.2, 0) is 0 Å². The van der Waals surface area contributed by atoms with Crippen molar-refractivity contribution in [3.63, 3.8) is 0 Å². The van der Waals surface area contributed by atoms with Gasteiger partial charge in [0, 0.05) is 6.54 Å². The van der Waals surface area contributed by atoms with Gasteiger partial charge in [-0.2, -0.15) is 0 Å². The number of alkyl halides is 2. The van der Waals surface area contributed by atoms with Crippen LogP contribution in [-0.4, -0.2) is 11.0 Å². The molecule has 0 aliphatic carbocycles. The van der Waals surface area contributed by atoms with E-state index >= 15 is 0 Å². The Kier molecular flexibility index (Phi) is 2.15. The molecule has 0 atom stereocenters. The summed E-state index contributed by atoms with van der Waals surface area (Å²) >= 11 is 10.3. The van der Waals surface area contributed by atoms with E-state index in [1.807, 2.05) is 0 Å². The van der Waals surface area contributed by atoms with Gasteiger partial charge in [-0.15, -0.1) is 0 Å². The molecule has 0 amide bonds. The van der Waals surface area contributed by atoms with Crippen LogP contribution in [0.5, 0.6) is 0 Å². The highest BCUT2D eigenvalue weighted by atomic mass is 35.5. The van der Waals surface area contributed by atoms with Gasteiger partial charge in [0.05, 0.1) is 0 Å². The summed E-state index contributed by atoms with van der Waals surface area (Å²) in [5.74, 6) is 0. The Hall–Kier alpha value is 0.500. The molecule has 0 spiro atoms. The third-order valence-electron chi connectivity index (χ3n) is 0.272. The van der Waals surface area contributed by atoms with E-state index in [9.17, 15) is 0 Å². The van der Waals surface area contributed by atoms with Crippen LogP contribution in [0.1, 0.15) is 0 Å². The fraction of sp³-hybridized carbons (Fsp3) is 1.00.